The molecular weight excluding hydrogens is 324 g/mol. The van der Waals surface area contributed by atoms with Crippen molar-refractivity contribution in [1.82, 2.24) is 14.4 Å². The van der Waals surface area contributed by atoms with Crippen molar-refractivity contribution in [2.24, 2.45) is 7.05 Å². The Labute approximate surface area is 154 Å². The fourth-order valence-corrected chi connectivity index (χ4v) is 4.26. The third-order valence-corrected chi connectivity index (χ3v) is 5.88. The van der Waals surface area contributed by atoms with Crippen molar-refractivity contribution >= 4 is 5.91 Å². The molecule has 0 atom stereocenters. The van der Waals surface area contributed by atoms with Crippen LogP contribution in [0.1, 0.15) is 40.2 Å². The highest BCUT2D eigenvalue weighted by Gasteiger charge is 2.30. The van der Waals surface area contributed by atoms with Crippen LogP contribution in [-0.2, 0) is 20.0 Å². The van der Waals surface area contributed by atoms with Crippen molar-refractivity contribution in [2.45, 2.75) is 31.8 Å². The van der Waals surface area contributed by atoms with Crippen LogP contribution in [0, 0.1) is 11.3 Å². The Hall–Kier alpha value is -2.58. The maximum Gasteiger partial charge on any atom is 0.270 e. The molecule has 1 aromatic carbocycles. The van der Waals surface area contributed by atoms with E-state index in [2.05, 4.69) is 35.2 Å². The third-order valence-electron chi connectivity index (χ3n) is 5.88. The number of carbonyl (C=O) groups excluding carboxylic acids is 1. The summed E-state index contributed by atoms with van der Waals surface area (Å²) < 4.78 is 1.69. The molecule has 1 saturated heterocycles. The molecule has 0 unspecified atom stereocenters. The number of hydrogen-bond acceptors (Lipinski definition) is 3. The number of nitriles is 1. The fraction of sp³-hybridized carbons (Fsp3) is 0.429. The van der Waals surface area contributed by atoms with E-state index in [1.807, 2.05) is 4.90 Å². The number of piperidine rings is 1. The molecule has 2 aliphatic rings. The van der Waals surface area contributed by atoms with E-state index in [1.165, 1.54) is 11.1 Å². The van der Waals surface area contributed by atoms with E-state index >= 15 is 0 Å². The molecule has 0 saturated carbocycles. The van der Waals surface area contributed by atoms with E-state index in [9.17, 15) is 4.79 Å². The average molecular weight is 348 g/mol. The van der Waals surface area contributed by atoms with Gasteiger partial charge in [-0.15, -0.1) is 0 Å². The Kier molecular flexibility index (Phi) is 4.52. The molecular formula is C21H24N4O. The van der Waals surface area contributed by atoms with Gasteiger partial charge in [-0.3, -0.25) is 9.69 Å². The van der Waals surface area contributed by atoms with Crippen molar-refractivity contribution < 1.29 is 4.79 Å². The van der Waals surface area contributed by atoms with Gasteiger partial charge in [0.25, 0.3) is 5.91 Å². The molecule has 2 aromatic rings. The van der Waals surface area contributed by atoms with Gasteiger partial charge in [0.15, 0.2) is 0 Å². The first-order chi connectivity index (χ1) is 12.7. The van der Waals surface area contributed by atoms with Crippen molar-refractivity contribution in [3.05, 3.63) is 58.9 Å². The molecule has 0 radical (unpaired) electrons. The summed E-state index contributed by atoms with van der Waals surface area (Å²) in [5.74, 6) is 0.0384. The molecule has 3 heterocycles. The average Bonchev–Trinajstić information content (AvgIpc) is 3.07. The highest BCUT2D eigenvalue weighted by atomic mass is 16.2. The predicted octanol–water partition coefficient (Wildman–Crippen LogP) is 2.56. The van der Waals surface area contributed by atoms with Crippen LogP contribution in [0.25, 0.3) is 0 Å². The van der Waals surface area contributed by atoms with Gasteiger partial charge in [0.05, 0.1) is 0 Å². The molecule has 4 rings (SSSR count). The zero-order chi connectivity index (χ0) is 18.1. The molecule has 1 aromatic heterocycles. The number of benzene rings is 1. The second kappa shape index (κ2) is 6.97. The van der Waals surface area contributed by atoms with Crippen molar-refractivity contribution in [1.29, 1.82) is 5.26 Å². The minimum Gasteiger partial charge on any atom is -0.337 e. The van der Waals surface area contributed by atoms with Gasteiger partial charge in [-0.05, 0) is 42.5 Å². The molecule has 26 heavy (non-hydrogen) atoms. The summed E-state index contributed by atoms with van der Waals surface area (Å²) in [6.07, 6.45) is 3.16. The lowest BCUT2D eigenvalue weighted by atomic mass is 9.95. The highest BCUT2D eigenvalue weighted by molar-refractivity contribution is 5.93. The molecule has 0 aliphatic carbocycles. The highest BCUT2D eigenvalue weighted by Crippen LogP contribution is 2.25. The van der Waals surface area contributed by atoms with Gasteiger partial charge < -0.3 is 9.47 Å². The van der Waals surface area contributed by atoms with Gasteiger partial charge in [-0.1, -0.05) is 24.3 Å². The van der Waals surface area contributed by atoms with Crippen LogP contribution in [-0.4, -0.2) is 46.0 Å². The normalized spacial score (nSPS) is 18.4. The van der Waals surface area contributed by atoms with Gasteiger partial charge in [0.1, 0.15) is 17.5 Å². The van der Waals surface area contributed by atoms with Crippen molar-refractivity contribution in [2.75, 3.05) is 19.6 Å². The van der Waals surface area contributed by atoms with Crippen molar-refractivity contribution in [3.8, 4) is 6.07 Å². The van der Waals surface area contributed by atoms with E-state index < -0.39 is 0 Å². The zero-order valence-corrected chi connectivity index (χ0v) is 15.2. The minimum atomic E-state index is 0.0384. The van der Waals surface area contributed by atoms with Crippen LogP contribution in [0.4, 0.5) is 0 Å². The monoisotopic (exact) mass is 348 g/mol. The molecule has 0 spiro atoms. The largest absolute Gasteiger partial charge is 0.337 e. The summed E-state index contributed by atoms with van der Waals surface area (Å²) in [7, 11) is 1.78. The maximum absolute atomic E-state index is 12.8. The first-order valence-corrected chi connectivity index (χ1v) is 9.33. The second-order valence-electron chi connectivity index (χ2n) is 7.29. The summed E-state index contributed by atoms with van der Waals surface area (Å²) in [6.45, 7) is 3.71. The number of carbonyl (C=O) groups is 1. The van der Waals surface area contributed by atoms with Crippen LogP contribution in [0.5, 0.6) is 0 Å². The van der Waals surface area contributed by atoms with E-state index in [0.717, 1.165) is 45.4 Å². The van der Waals surface area contributed by atoms with Crippen LogP contribution in [0.2, 0.25) is 0 Å². The second-order valence-corrected chi connectivity index (χ2v) is 7.29. The molecule has 2 aliphatic heterocycles. The lowest BCUT2D eigenvalue weighted by molar-refractivity contribution is 0.0591. The van der Waals surface area contributed by atoms with Gasteiger partial charge in [-0.2, -0.15) is 5.26 Å². The molecule has 0 bridgehead atoms. The Morgan fingerprint density at radius 1 is 1.08 bits per heavy atom. The first kappa shape index (κ1) is 16.9. The van der Waals surface area contributed by atoms with E-state index in [1.54, 1.807) is 23.7 Å². The van der Waals surface area contributed by atoms with E-state index in [-0.39, 0.29) is 5.91 Å². The van der Waals surface area contributed by atoms with Crippen molar-refractivity contribution in [3.63, 3.8) is 0 Å². The molecule has 5 nitrogen and oxygen atoms in total. The lowest BCUT2D eigenvalue weighted by Gasteiger charge is -2.40. The Bertz CT molecular complexity index is 855. The summed E-state index contributed by atoms with van der Waals surface area (Å²) >= 11 is 0. The Balaban J connectivity index is 1.38. The molecule has 5 heteroatoms. The van der Waals surface area contributed by atoms with Gasteiger partial charge in [0, 0.05) is 39.3 Å². The standard InChI is InChI=1S/C21H24N4O/c1-23-19(14-22)6-7-20(23)21(26)24-12-9-18(10-13-24)25-11-8-16-4-2-3-5-17(16)15-25/h2-7,18H,8-13,15H2,1H3. The smallest absolute Gasteiger partial charge is 0.270 e. The quantitative estimate of drug-likeness (QED) is 0.838. The summed E-state index contributed by atoms with van der Waals surface area (Å²) in [4.78, 5) is 17.3. The first-order valence-electron chi connectivity index (χ1n) is 9.33. The molecule has 1 fully saturated rings. The minimum absolute atomic E-state index is 0.0384. The van der Waals surface area contributed by atoms with Gasteiger partial charge in [0.2, 0.25) is 0 Å². The van der Waals surface area contributed by atoms with E-state index in [0.29, 0.717) is 17.4 Å². The number of hydrogen-bond donors (Lipinski definition) is 0. The number of rotatable bonds is 2. The maximum atomic E-state index is 12.8. The predicted molar refractivity (Wildman–Crippen MR) is 99.6 cm³/mol. The SMILES string of the molecule is Cn1c(C#N)ccc1C(=O)N1CCC(N2CCc3ccccc3C2)CC1. The van der Waals surface area contributed by atoms with Crippen LogP contribution in [0.3, 0.4) is 0 Å². The zero-order valence-electron chi connectivity index (χ0n) is 15.2. The topological polar surface area (TPSA) is 52.3 Å². The van der Waals surface area contributed by atoms with Crippen LogP contribution < -0.4 is 0 Å². The van der Waals surface area contributed by atoms with E-state index in [4.69, 9.17) is 5.26 Å². The fourth-order valence-electron chi connectivity index (χ4n) is 4.26. The Morgan fingerprint density at radius 3 is 2.50 bits per heavy atom. The lowest BCUT2D eigenvalue weighted by Crippen LogP contribution is -2.48. The molecule has 134 valence electrons. The molecule has 0 N–H and O–H groups in total. The van der Waals surface area contributed by atoms with Crippen LogP contribution in [0.15, 0.2) is 36.4 Å². The number of likely N-dealkylation sites (tertiary alicyclic amines) is 1. The number of fused-ring (bicyclic) bond motifs is 1. The summed E-state index contributed by atoms with van der Waals surface area (Å²) in [6, 6.07) is 14.9. The van der Waals surface area contributed by atoms with Gasteiger partial charge >= 0.3 is 0 Å². The summed E-state index contributed by atoms with van der Waals surface area (Å²) in [5, 5.41) is 9.07. The number of amides is 1. The van der Waals surface area contributed by atoms with Gasteiger partial charge in [-0.25, -0.2) is 0 Å². The number of aromatic nitrogens is 1. The third kappa shape index (κ3) is 3.02. The summed E-state index contributed by atoms with van der Waals surface area (Å²) in [5.41, 5.74) is 4.06. The molecule has 1 amide bonds. The number of nitrogens with zero attached hydrogens (tertiary/aromatic N) is 4. The van der Waals surface area contributed by atoms with Crippen LogP contribution >= 0.6 is 0 Å². The Morgan fingerprint density at radius 2 is 1.81 bits per heavy atom.